The Balaban J connectivity index is 2.06. The van der Waals surface area contributed by atoms with Crippen molar-refractivity contribution in [2.24, 2.45) is 5.73 Å². The average Bonchev–Trinajstić information content (AvgIpc) is 2.67. The van der Waals surface area contributed by atoms with Crippen LogP contribution < -0.4 is 11.1 Å². The number of nitrogens with one attached hydrogen (secondary N) is 1. The van der Waals surface area contributed by atoms with Crippen molar-refractivity contribution in [2.45, 2.75) is 19.3 Å². The van der Waals surface area contributed by atoms with Crippen LogP contribution in [0.3, 0.4) is 0 Å². The molecule has 0 aliphatic carbocycles. The van der Waals surface area contributed by atoms with Gasteiger partial charge in [-0.25, -0.2) is 0 Å². The maximum atomic E-state index is 11.1. The summed E-state index contributed by atoms with van der Waals surface area (Å²) >= 11 is 0. The highest BCUT2D eigenvalue weighted by molar-refractivity contribution is 5.75. The van der Waals surface area contributed by atoms with Gasteiger partial charge in [-0.2, -0.15) is 4.98 Å². The van der Waals surface area contributed by atoms with Gasteiger partial charge in [0, 0.05) is 19.4 Å². The van der Waals surface area contributed by atoms with E-state index in [1.165, 1.54) is 6.33 Å². The Bertz CT molecular complexity index is 260. The molecular formula is C8H14N4O2. The van der Waals surface area contributed by atoms with Crippen molar-refractivity contribution in [3.8, 4) is 0 Å². The normalized spacial score (nSPS) is 10.1. The van der Waals surface area contributed by atoms with Crippen molar-refractivity contribution >= 4 is 5.91 Å². The van der Waals surface area contributed by atoms with E-state index in [1.807, 2.05) is 0 Å². The summed E-state index contributed by atoms with van der Waals surface area (Å²) in [6.45, 7) is 1.06. The fourth-order valence-corrected chi connectivity index (χ4v) is 0.966. The number of hydrogen-bond donors (Lipinski definition) is 2. The second-order valence-corrected chi connectivity index (χ2v) is 2.83. The summed E-state index contributed by atoms with van der Waals surface area (Å²) in [5, 5.41) is 6.19. The zero-order valence-electron chi connectivity index (χ0n) is 7.90. The van der Waals surface area contributed by atoms with Crippen LogP contribution in [-0.4, -0.2) is 29.1 Å². The van der Waals surface area contributed by atoms with Crippen LogP contribution in [0.1, 0.15) is 18.7 Å². The summed E-state index contributed by atoms with van der Waals surface area (Å²) in [5.74, 6) is 0.541. The summed E-state index contributed by atoms with van der Waals surface area (Å²) in [4.78, 5) is 14.9. The molecule has 1 aromatic rings. The molecule has 0 aliphatic rings. The number of nitrogens with two attached hydrogens (primary N) is 1. The van der Waals surface area contributed by atoms with Gasteiger partial charge < -0.3 is 15.6 Å². The van der Waals surface area contributed by atoms with E-state index in [9.17, 15) is 4.79 Å². The molecular weight excluding hydrogens is 184 g/mol. The third kappa shape index (κ3) is 3.99. The maximum absolute atomic E-state index is 11.1. The predicted octanol–water partition coefficient (Wildman–Crippen LogP) is -0.533. The molecule has 1 amide bonds. The van der Waals surface area contributed by atoms with Gasteiger partial charge in [0.05, 0.1) is 0 Å². The Hall–Kier alpha value is -1.43. The van der Waals surface area contributed by atoms with Gasteiger partial charge in [0.15, 0.2) is 6.33 Å². The Labute approximate surface area is 81.9 Å². The van der Waals surface area contributed by atoms with E-state index in [4.69, 9.17) is 10.3 Å². The maximum Gasteiger partial charge on any atom is 0.228 e. The molecule has 1 heterocycles. The minimum Gasteiger partial charge on any atom is -0.356 e. The van der Waals surface area contributed by atoms with Gasteiger partial charge in [-0.1, -0.05) is 5.16 Å². The van der Waals surface area contributed by atoms with Crippen molar-refractivity contribution < 1.29 is 9.32 Å². The lowest BCUT2D eigenvalue weighted by atomic mass is 10.3. The summed E-state index contributed by atoms with van der Waals surface area (Å²) in [6, 6.07) is 0. The molecule has 1 aromatic heterocycles. The van der Waals surface area contributed by atoms with Crippen molar-refractivity contribution in [2.75, 3.05) is 13.1 Å². The molecule has 0 aliphatic heterocycles. The van der Waals surface area contributed by atoms with Crippen molar-refractivity contribution in [1.29, 1.82) is 0 Å². The largest absolute Gasteiger partial charge is 0.356 e. The summed E-state index contributed by atoms with van der Waals surface area (Å²) in [7, 11) is 0. The van der Waals surface area contributed by atoms with E-state index in [0.717, 1.165) is 0 Å². The molecule has 6 heteroatoms. The van der Waals surface area contributed by atoms with Crippen LogP contribution in [0.25, 0.3) is 0 Å². The smallest absolute Gasteiger partial charge is 0.228 e. The molecule has 0 saturated carbocycles. The van der Waals surface area contributed by atoms with Crippen LogP contribution in [-0.2, 0) is 11.2 Å². The van der Waals surface area contributed by atoms with Gasteiger partial charge in [-0.3, -0.25) is 4.79 Å². The van der Waals surface area contributed by atoms with Crippen LogP contribution in [0, 0.1) is 0 Å². The Kier molecular flexibility index (Phi) is 4.63. The molecule has 0 spiro atoms. The van der Waals surface area contributed by atoms with Crippen LogP contribution in [0.15, 0.2) is 10.9 Å². The molecule has 0 radical (unpaired) electrons. The van der Waals surface area contributed by atoms with E-state index in [1.54, 1.807) is 0 Å². The van der Waals surface area contributed by atoms with E-state index in [-0.39, 0.29) is 5.91 Å². The number of aromatic nitrogens is 2. The fourth-order valence-electron chi connectivity index (χ4n) is 0.966. The van der Waals surface area contributed by atoms with Crippen molar-refractivity contribution in [1.82, 2.24) is 15.5 Å². The van der Waals surface area contributed by atoms with Gasteiger partial charge in [-0.15, -0.1) is 0 Å². The van der Waals surface area contributed by atoms with Gasteiger partial charge in [0.2, 0.25) is 11.8 Å². The highest BCUT2D eigenvalue weighted by Gasteiger charge is 2.01. The molecule has 3 N–H and O–H groups in total. The Morgan fingerprint density at radius 2 is 2.50 bits per heavy atom. The van der Waals surface area contributed by atoms with Crippen LogP contribution in [0.5, 0.6) is 0 Å². The number of carbonyl (C=O) groups is 1. The quantitative estimate of drug-likeness (QED) is 0.640. The van der Waals surface area contributed by atoms with Crippen LogP contribution in [0.2, 0.25) is 0 Å². The average molecular weight is 198 g/mol. The Morgan fingerprint density at radius 1 is 1.64 bits per heavy atom. The first-order chi connectivity index (χ1) is 6.83. The number of nitrogens with zero attached hydrogens (tertiary/aromatic N) is 2. The van der Waals surface area contributed by atoms with Crippen LogP contribution >= 0.6 is 0 Å². The van der Waals surface area contributed by atoms with E-state index < -0.39 is 0 Å². The second-order valence-electron chi connectivity index (χ2n) is 2.83. The molecule has 0 atom stereocenters. The zero-order chi connectivity index (χ0) is 10.2. The summed E-state index contributed by atoms with van der Waals surface area (Å²) in [5.41, 5.74) is 5.27. The SMILES string of the molecule is NCCCC(=O)NCCc1ncno1. The first kappa shape index (κ1) is 10.6. The Morgan fingerprint density at radius 3 is 3.14 bits per heavy atom. The number of carbonyl (C=O) groups excluding carboxylic acids is 1. The third-order valence-corrected chi connectivity index (χ3v) is 1.68. The molecule has 0 fully saturated rings. The fraction of sp³-hybridized carbons (Fsp3) is 0.625. The standard InChI is InChI=1S/C8H14N4O2/c9-4-1-2-7(13)10-5-3-8-11-6-12-14-8/h6H,1-5,9H2,(H,10,13). The summed E-state index contributed by atoms with van der Waals surface area (Å²) in [6.07, 6.45) is 3.09. The van der Waals surface area contributed by atoms with Gasteiger partial charge >= 0.3 is 0 Å². The number of rotatable bonds is 6. The van der Waals surface area contributed by atoms with Gasteiger partial charge in [0.25, 0.3) is 0 Å². The third-order valence-electron chi connectivity index (χ3n) is 1.68. The highest BCUT2D eigenvalue weighted by atomic mass is 16.5. The first-order valence-corrected chi connectivity index (χ1v) is 4.55. The summed E-state index contributed by atoms with van der Waals surface area (Å²) < 4.78 is 4.76. The van der Waals surface area contributed by atoms with Crippen LogP contribution in [0.4, 0.5) is 0 Å². The van der Waals surface area contributed by atoms with Crippen molar-refractivity contribution in [3.63, 3.8) is 0 Å². The van der Waals surface area contributed by atoms with Gasteiger partial charge in [-0.05, 0) is 13.0 Å². The lowest BCUT2D eigenvalue weighted by Crippen LogP contribution is -2.26. The minimum absolute atomic E-state index is 0.00923. The lowest BCUT2D eigenvalue weighted by Gasteiger charge is -2.01. The van der Waals surface area contributed by atoms with E-state index >= 15 is 0 Å². The van der Waals surface area contributed by atoms with Crippen molar-refractivity contribution in [3.05, 3.63) is 12.2 Å². The van der Waals surface area contributed by atoms with E-state index in [2.05, 4.69) is 15.5 Å². The molecule has 1 rings (SSSR count). The number of hydrogen-bond acceptors (Lipinski definition) is 5. The molecule has 6 nitrogen and oxygen atoms in total. The molecule has 0 aromatic carbocycles. The molecule has 0 saturated heterocycles. The molecule has 78 valence electrons. The highest BCUT2D eigenvalue weighted by Crippen LogP contribution is 1.91. The number of amides is 1. The molecule has 0 bridgehead atoms. The van der Waals surface area contributed by atoms with E-state index in [0.29, 0.717) is 38.2 Å². The lowest BCUT2D eigenvalue weighted by molar-refractivity contribution is -0.121. The second kappa shape index (κ2) is 6.09. The molecule has 14 heavy (non-hydrogen) atoms. The predicted molar refractivity (Wildman–Crippen MR) is 49.3 cm³/mol. The monoisotopic (exact) mass is 198 g/mol. The molecule has 0 unspecified atom stereocenters. The van der Waals surface area contributed by atoms with Gasteiger partial charge in [0.1, 0.15) is 0 Å². The first-order valence-electron chi connectivity index (χ1n) is 4.55. The zero-order valence-corrected chi connectivity index (χ0v) is 7.90. The topological polar surface area (TPSA) is 94.0 Å². The minimum atomic E-state index is 0.00923.